The number of piperidine rings is 1. The van der Waals surface area contributed by atoms with Crippen LogP contribution >= 0.6 is 0 Å². The van der Waals surface area contributed by atoms with Crippen molar-refractivity contribution in [1.82, 2.24) is 15.5 Å². The molecule has 3 fully saturated rings. The molecule has 0 spiro atoms. The van der Waals surface area contributed by atoms with Crippen LogP contribution in [0.15, 0.2) is 12.7 Å². The Hall–Kier alpha value is -2.72. The number of rotatable bonds is 12. The van der Waals surface area contributed by atoms with Crippen molar-refractivity contribution in [2.24, 2.45) is 29.1 Å². The number of nitrogens with one attached hydrogen (secondary N) is 2. The molecule has 1 saturated heterocycles. The maximum absolute atomic E-state index is 14.1. The molecule has 0 aromatic rings. The topological polar surface area (TPSA) is 113 Å². The molecule has 42 heavy (non-hydrogen) atoms. The fourth-order valence-electron chi connectivity index (χ4n) is 6.91. The summed E-state index contributed by atoms with van der Waals surface area (Å²) in [5.41, 5.74) is -0.858. The van der Waals surface area contributed by atoms with Gasteiger partial charge in [0.25, 0.3) is 0 Å². The number of carbonyl (C=O) groups excluding carboxylic acids is 5. The third-order valence-corrected chi connectivity index (χ3v) is 9.13. The molecule has 0 radical (unpaired) electrons. The molecule has 0 aromatic carbocycles. The first kappa shape index (κ1) is 33.8. The summed E-state index contributed by atoms with van der Waals surface area (Å²) in [6.45, 7) is 13.1. The Kier molecular flexibility index (Phi) is 10.4. The molecule has 1 aliphatic heterocycles. The molecule has 236 valence electrons. The van der Waals surface area contributed by atoms with Crippen molar-refractivity contribution in [3.05, 3.63) is 12.7 Å². The fraction of sp³-hybridized carbons (Fsp3) is 0.774. The summed E-state index contributed by atoms with van der Waals surface area (Å²) in [6.07, 6.45) is -1.59. The smallest absolute Gasteiger partial charge is 0.334 e. The molecule has 5 atom stereocenters. The van der Waals surface area contributed by atoms with Crippen LogP contribution in [0.1, 0.15) is 92.4 Å². The zero-order valence-electron chi connectivity index (χ0n) is 25.4. The van der Waals surface area contributed by atoms with E-state index >= 15 is 0 Å². The van der Waals surface area contributed by atoms with Gasteiger partial charge in [0.05, 0.1) is 12.5 Å². The highest BCUT2D eigenvalue weighted by atomic mass is 19.4. The van der Waals surface area contributed by atoms with E-state index in [9.17, 15) is 37.1 Å². The first-order valence-corrected chi connectivity index (χ1v) is 15.0. The summed E-state index contributed by atoms with van der Waals surface area (Å²) >= 11 is 0. The Balaban J connectivity index is 1.88. The summed E-state index contributed by atoms with van der Waals surface area (Å²) in [5.74, 6) is -5.55. The van der Waals surface area contributed by atoms with E-state index in [1.807, 2.05) is 34.6 Å². The van der Waals surface area contributed by atoms with Crippen molar-refractivity contribution in [1.29, 1.82) is 0 Å². The van der Waals surface area contributed by atoms with Gasteiger partial charge in [0.1, 0.15) is 6.04 Å². The molecule has 1 heterocycles. The van der Waals surface area contributed by atoms with Gasteiger partial charge in [0.2, 0.25) is 11.7 Å². The number of hydrogen-bond acceptors (Lipinski definition) is 5. The summed E-state index contributed by atoms with van der Waals surface area (Å²) in [7, 11) is 0. The summed E-state index contributed by atoms with van der Waals surface area (Å²) in [4.78, 5) is 67.4. The van der Waals surface area contributed by atoms with E-state index in [0.717, 1.165) is 32.1 Å². The van der Waals surface area contributed by atoms with Crippen LogP contribution in [0, 0.1) is 29.1 Å². The second-order valence-corrected chi connectivity index (χ2v) is 13.9. The summed E-state index contributed by atoms with van der Waals surface area (Å²) in [5, 5.41) is 5.66. The number of carbonyl (C=O) groups is 5. The van der Waals surface area contributed by atoms with Gasteiger partial charge in [-0.3, -0.25) is 19.2 Å². The van der Waals surface area contributed by atoms with Gasteiger partial charge in [-0.2, -0.15) is 13.2 Å². The molecule has 0 aromatic heterocycles. The third kappa shape index (κ3) is 8.22. The first-order valence-electron chi connectivity index (χ1n) is 15.0. The maximum atomic E-state index is 14.1. The van der Waals surface area contributed by atoms with Crippen LogP contribution in [0.4, 0.5) is 18.0 Å². The molecular weight excluding hydrogens is 551 g/mol. The number of allylic oxidation sites excluding steroid dienone is 1. The average Bonchev–Trinajstić information content (AvgIpc) is 3.21. The number of nitrogens with zero attached hydrogens (tertiary/aromatic N) is 1. The van der Waals surface area contributed by atoms with Gasteiger partial charge in [-0.1, -0.05) is 39.2 Å². The zero-order chi connectivity index (χ0) is 31.6. The molecule has 2 aliphatic carbocycles. The lowest BCUT2D eigenvalue weighted by Gasteiger charge is -2.37. The molecule has 3 rings (SSSR count). The summed E-state index contributed by atoms with van der Waals surface area (Å²) < 4.78 is 40.4. The minimum atomic E-state index is -4.76. The lowest BCUT2D eigenvalue weighted by atomic mass is 9.82. The van der Waals surface area contributed by atoms with Crippen molar-refractivity contribution in [2.75, 3.05) is 6.54 Å². The highest BCUT2D eigenvalue weighted by Gasteiger charge is 2.69. The molecule has 0 bridgehead atoms. The molecule has 8 nitrogen and oxygen atoms in total. The van der Waals surface area contributed by atoms with E-state index < -0.39 is 71.8 Å². The molecule has 3 amide bonds. The van der Waals surface area contributed by atoms with Crippen LogP contribution in [0.25, 0.3) is 0 Å². The van der Waals surface area contributed by atoms with Crippen LogP contribution in [0.3, 0.4) is 0 Å². The number of urea groups is 1. The number of fused-ring (bicyclic) bond motifs is 1. The predicted molar refractivity (Wildman–Crippen MR) is 151 cm³/mol. The molecule has 2 saturated carbocycles. The molecule has 2 N–H and O–H groups in total. The van der Waals surface area contributed by atoms with Gasteiger partial charge in [-0.25, -0.2) is 4.79 Å². The van der Waals surface area contributed by atoms with Crippen LogP contribution in [0.2, 0.25) is 0 Å². The normalized spacial score (nSPS) is 25.1. The van der Waals surface area contributed by atoms with Crippen molar-refractivity contribution in [3.63, 3.8) is 0 Å². The van der Waals surface area contributed by atoms with Gasteiger partial charge >= 0.3 is 12.2 Å². The largest absolute Gasteiger partial charge is 0.389 e. The Labute approximate surface area is 246 Å². The van der Waals surface area contributed by atoms with Gasteiger partial charge in [0.15, 0.2) is 11.6 Å². The molecule has 11 heteroatoms. The number of alkyl halides is 3. The standard InChI is InChI=1S/C31H46F3N3O5/c1-7-8-14-21(38)26(40)19(16-31(32,33)34)15-22(39)25-23-20(30(23,5)6)17-37(25)27(41)24(18-12-10-9-11-13-18)35-28(42)36-29(2,3)4/h7,18-20,23-25H,1,8-17H2,2-6H3,(H2,35,36,42)/t19?,20-,23-,24-,25+/m0/s1. The Morgan fingerprint density at radius 2 is 1.67 bits per heavy atom. The lowest BCUT2D eigenvalue weighted by molar-refractivity contribution is -0.158. The Morgan fingerprint density at radius 3 is 2.21 bits per heavy atom. The van der Waals surface area contributed by atoms with Crippen LogP contribution in [-0.2, 0) is 19.2 Å². The average molecular weight is 598 g/mol. The number of amides is 3. The lowest BCUT2D eigenvalue weighted by Crippen LogP contribution is -2.59. The second-order valence-electron chi connectivity index (χ2n) is 13.9. The third-order valence-electron chi connectivity index (χ3n) is 9.13. The number of ketones is 3. The number of Topliss-reactive ketones (excluding diaryl/α,β-unsaturated/α-hetero) is 3. The number of halogens is 3. The van der Waals surface area contributed by atoms with E-state index in [-0.39, 0.29) is 42.6 Å². The van der Waals surface area contributed by atoms with Crippen molar-refractivity contribution < 1.29 is 37.1 Å². The van der Waals surface area contributed by atoms with Crippen LogP contribution in [0.5, 0.6) is 0 Å². The highest BCUT2D eigenvalue weighted by Crippen LogP contribution is 2.65. The van der Waals surface area contributed by atoms with Crippen LogP contribution in [-0.4, -0.2) is 64.5 Å². The zero-order valence-corrected chi connectivity index (χ0v) is 25.4. The van der Waals surface area contributed by atoms with E-state index in [4.69, 9.17) is 0 Å². The van der Waals surface area contributed by atoms with Crippen molar-refractivity contribution in [3.8, 4) is 0 Å². The summed E-state index contributed by atoms with van der Waals surface area (Å²) in [6, 6.07) is -2.42. The van der Waals surface area contributed by atoms with E-state index in [1.54, 1.807) is 0 Å². The van der Waals surface area contributed by atoms with E-state index in [2.05, 4.69) is 17.2 Å². The molecule has 3 aliphatic rings. The van der Waals surface area contributed by atoms with Gasteiger partial charge < -0.3 is 15.5 Å². The van der Waals surface area contributed by atoms with Crippen LogP contribution < -0.4 is 10.6 Å². The van der Waals surface area contributed by atoms with Gasteiger partial charge in [-0.15, -0.1) is 6.58 Å². The van der Waals surface area contributed by atoms with Crippen molar-refractivity contribution >= 4 is 29.3 Å². The first-order chi connectivity index (χ1) is 19.4. The van der Waals surface area contributed by atoms with Crippen molar-refractivity contribution in [2.45, 2.75) is 116 Å². The minimum absolute atomic E-state index is 0.0307. The molecule has 1 unspecified atom stereocenters. The van der Waals surface area contributed by atoms with E-state index in [0.29, 0.717) is 0 Å². The second kappa shape index (κ2) is 12.9. The van der Waals surface area contributed by atoms with E-state index in [1.165, 1.54) is 11.0 Å². The fourth-order valence-corrected chi connectivity index (χ4v) is 6.91. The van der Waals surface area contributed by atoms with Gasteiger partial charge in [0, 0.05) is 30.8 Å². The Bertz CT molecular complexity index is 1070. The minimum Gasteiger partial charge on any atom is -0.334 e. The number of hydrogen-bond donors (Lipinski definition) is 2. The highest BCUT2D eigenvalue weighted by molar-refractivity contribution is 6.38. The number of likely N-dealkylation sites (tertiary alicyclic amines) is 1. The van der Waals surface area contributed by atoms with Gasteiger partial charge in [-0.05, 0) is 63.2 Å². The Morgan fingerprint density at radius 1 is 1.05 bits per heavy atom. The maximum Gasteiger partial charge on any atom is 0.389 e. The monoisotopic (exact) mass is 597 g/mol. The predicted octanol–water partition coefficient (Wildman–Crippen LogP) is 5.15. The molecular formula is C31H46F3N3O5. The quantitative estimate of drug-likeness (QED) is 0.239. The SMILES string of the molecule is C=CCCC(=O)C(=O)C(CC(=O)[C@@H]1[C@@H]2[C@H](CN1C(=O)[C@@H](NC(=O)NC(C)(C)C)C1CCCCC1)C2(C)C)CC(F)(F)F.